The molecule has 1 aromatic heterocycles. The largest absolute Gasteiger partial charge is 0.299 e. The summed E-state index contributed by atoms with van der Waals surface area (Å²) in [5, 5.41) is 12.5. The summed E-state index contributed by atoms with van der Waals surface area (Å²) in [4.78, 5) is 12.8. The van der Waals surface area contributed by atoms with Gasteiger partial charge in [0, 0.05) is 20.6 Å². The lowest BCUT2D eigenvalue weighted by Crippen LogP contribution is -2.45. The van der Waals surface area contributed by atoms with Crippen molar-refractivity contribution in [2.24, 2.45) is 0 Å². The molecule has 0 fully saturated rings. The van der Waals surface area contributed by atoms with E-state index < -0.39 is 22.0 Å². The summed E-state index contributed by atoms with van der Waals surface area (Å²) >= 11 is 19.0. The van der Waals surface area contributed by atoms with Gasteiger partial charge in [0.25, 0.3) is 0 Å². The molecular weight excluding hydrogens is 491 g/mol. The standard InChI is InChI=1S/C18H15Cl3N4O3S2/c1-10(25(30(2,27)28)15-8-13(20)7-14(21)9-15)16(26)22-18-24-23-17(29-18)11-3-5-12(19)6-4-11/h3-10H,1-2H3,(H,22,24,26)/t10-/m1/s1. The molecule has 0 spiro atoms. The highest BCUT2D eigenvalue weighted by atomic mass is 35.5. The Balaban J connectivity index is 1.83. The maximum Gasteiger partial charge on any atom is 0.249 e. The number of benzene rings is 2. The quantitative estimate of drug-likeness (QED) is 0.511. The minimum absolute atomic E-state index is 0.178. The van der Waals surface area contributed by atoms with E-state index in [1.165, 1.54) is 25.1 Å². The number of rotatable bonds is 6. The summed E-state index contributed by atoms with van der Waals surface area (Å²) in [5.41, 5.74) is 0.966. The lowest BCUT2D eigenvalue weighted by atomic mass is 10.2. The number of halogens is 3. The van der Waals surface area contributed by atoms with Gasteiger partial charge < -0.3 is 0 Å². The lowest BCUT2D eigenvalue weighted by molar-refractivity contribution is -0.116. The highest BCUT2D eigenvalue weighted by molar-refractivity contribution is 7.92. The van der Waals surface area contributed by atoms with Crippen molar-refractivity contribution in [2.75, 3.05) is 15.9 Å². The van der Waals surface area contributed by atoms with Gasteiger partial charge in [0.1, 0.15) is 11.0 Å². The first-order chi connectivity index (χ1) is 14.0. The third-order valence-corrected chi connectivity index (χ3v) is 6.75. The molecular formula is C18H15Cl3N4O3S2. The van der Waals surface area contributed by atoms with Gasteiger partial charge >= 0.3 is 0 Å². The molecule has 158 valence electrons. The van der Waals surface area contributed by atoms with Gasteiger partial charge in [-0.15, -0.1) is 10.2 Å². The van der Waals surface area contributed by atoms with Crippen LogP contribution in [0.3, 0.4) is 0 Å². The molecule has 1 amide bonds. The van der Waals surface area contributed by atoms with Crippen molar-refractivity contribution in [3.05, 3.63) is 57.5 Å². The van der Waals surface area contributed by atoms with E-state index in [-0.39, 0.29) is 20.9 Å². The van der Waals surface area contributed by atoms with Crippen LogP contribution in [0.15, 0.2) is 42.5 Å². The molecule has 0 saturated heterocycles. The molecule has 30 heavy (non-hydrogen) atoms. The second-order valence-corrected chi connectivity index (χ2v) is 10.4. The zero-order chi connectivity index (χ0) is 22.1. The van der Waals surface area contributed by atoms with Crippen LogP contribution in [0.1, 0.15) is 6.92 Å². The first kappa shape index (κ1) is 22.8. The number of nitrogens with zero attached hydrogens (tertiary/aromatic N) is 3. The SMILES string of the molecule is C[C@H](C(=O)Nc1nnc(-c2ccc(Cl)cc2)s1)N(c1cc(Cl)cc(Cl)c1)S(C)(=O)=O. The van der Waals surface area contributed by atoms with E-state index in [4.69, 9.17) is 34.8 Å². The van der Waals surface area contributed by atoms with Crippen molar-refractivity contribution >= 4 is 72.9 Å². The van der Waals surface area contributed by atoms with E-state index in [2.05, 4.69) is 15.5 Å². The highest BCUT2D eigenvalue weighted by Gasteiger charge is 2.30. The first-order valence-electron chi connectivity index (χ1n) is 8.40. The number of amides is 1. The van der Waals surface area contributed by atoms with Crippen molar-refractivity contribution < 1.29 is 13.2 Å². The van der Waals surface area contributed by atoms with Gasteiger partial charge in [-0.05, 0) is 37.3 Å². The van der Waals surface area contributed by atoms with Crippen LogP contribution in [0.4, 0.5) is 10.8 Å². The normalized spacial score (nSPS) is 12.4. The van der Waals surface area contributed by atoms with Crippen molar-refractivity contribution in [3.63, 3.8) is 0 Å². The monoisotopic (exact) mass is 504 g/mol. The Labute approximate surface area is 192 Å². The summed E-state index contributed by atoms with van der Waals surface area (Å²) in [6.45, 7) is 1.45. The highest BCUT2D eigenvalue weighted by Crippen LogP contribution is 2.30. The third-order valence-electron chi connectivity index (χ3n) is 3.94. The van der Waals surface area contributed by atoms with E-state index in [0.717, 1.165) is 27.5 Å². The molecule has 2 aromatic carbocycles. The molecule has 7 nitrogen and oxygen atoms in total. The van der Waals surface area contributed by atoms with Gasteiger partial charge in [-0.25, -0.2) is 8.42 Å². The van der Waals surface area contributed by atoms with Crippen LogP contribution in [0.25, 0.3) is 10.6 Å². The van der Waals surface area contributed by atoms with Crippen LogP contribution in [0.2, 0.25) is 15.1 Å². The lowest BCUT2D eigenvalue weighted by Gasteiger charge is -2.28. The van der Waals surface area contributed by atoms with Crippen molar-refractivity contribution in [2.45, 2.75) is 13.0 Å². The van der Waals surface area contributed by atoms with Crippen molar-refractivity contribution in [3.8, 4) is 10.6 Å². The van der Waals surface area contributed by atoms with Gasteiger partial charge in [-0.3, -0.25) is 14.4 Å². The van der Waals surface area contributed by atoms with Crippen LogP contribution in [-0.2, 0) is 14.8 Å². The second kappa shape index (κ2) is 9.07. The molecule has 0 aliphatic carbocycles. The number of hydrogen-bond acceptors (Lipinski definition) is 6. The van der Waals surface area contributed by atoms with Crippen molar-refractivity contribution in [1.82, 2.24) is 10.2 Å². The average Bonchev–Trinajstić information content (AvgIpc) is 3.08. The molecule has 1 atom stereocenters. The molecule has 3 aromatic rings. The van der Waals surface area contributed by atoms with Gasteiger partial charge in [0.05, 0.1) is 11.9 Å². The molecule has 0 aliphatic heterocycles. The van der Waals surface area contributed by atoms with Gasteiger partial charge in [-0.2, -0.15) is 0 Å². The smallest absolute Gasteiger partial charge is 0.249 e. The summed E-state index contributed by atoms with van der Waals surface area (Å²) in [7, 11) is -3.82. The van der Waals surface area contributed by atoms with E-state index in [1.807, 2.05) is 0 Å². The Hall–Kier alpha value is -1.91. The minimum Gasteiger partial charge on any atom is -0.299 e. The van der Waals surface area contributed by atoms with Crippen LogP contribution in [0.5, 0.6) is 0 Å². The molecule has 1 heterocycles. The maximum atomic E-state index is 12.8. The number of anilines is 2. The molecule has 3 rings (SSSR count). The number of aromatic nitrogens is 2. The Morgan fingerprint density at radius 1 is 1.03 bits per heavy atom. The molecule has 0 saturated carbocycles. The fourth-order valence-electron chi connectivity index (χ4n) is 2.67. The third kappa shape index (κ3) is 5.41. The Morgan fingerprint density at radius 2 is 1.63 bits per heavy atom. The number of sulfonamides is 1. The molecule has 0 aliphatic rings. The van der Waals surface area contributed by atoms with Gasteiger partial charge in [0.15, 0.2) is 0 Å². The maximum absolute atomic E-state index is 12.8. The fourth-order valence-corrected chi connectivity index (χ4v) is 5.22. The zero-order valence-electron chi connectivity index (χ0n) is 15.6. The van der Waals surface area contributed by atoms with E-state index in [0.29, 0.717) is 10.0 Å². The topological polar surface area (TPSA) is 92.3 Å². The Morgan fingerprint density at radius 3 is 2.20 bits per heavy atom. The van der Waals surface area contributed by atoms with Crippen LogP contribution in [-0.4, -0.2) is 36.8 Å². The Kier molecular flexibility index (Phi) is 6.88. The van der Waals surface area contributed by atoms with E-state index in [1.54, 1.807) is 24.3 Å². The molecule has 0 radical (unpaired) electrons. The van der Waals surface area contributed by atoms with Gasteiger partial charge in [0.2, 0.25) is 21.1 Å². The predicted octanol–water partition coefficient (Wildman–Crippen LogP) is 4.96. The van der Waals surface area contributed by atoms with Crippen LogP contribution >= 0.6 is 46.1 Å². The number of nitrogens with one attached hydrogen (secondary N) is 1. The summed E-state index contributed by atoms with van der Waals surface area (Å²) < 4.78 is 25.7. The van der Waals surface area contributed by atoms with Crippen molar-refractivity contribution in [1.29, 1.82) is 0 Å². The zero-order valence-corrected chi connectivity index (χ0v) is 19.5. The van der Waals surface area contributed by atoms with Crippen LogP contribution in [0, 0.1) is 0 Å². The minimum atomic E-state index is -3.82. The number of carbonyl (C=O) groups excluding carboxylic acids is 1. The second-order valence-electron chi connectivity index (χ2n) is 6.27. The summed E-state index contributed by atoms with van der Waals surface area (Å²) in [5.74, 6) is -0.588. The predicted molar refractivity (Wildman–Crippen MR) is 122 cm³/mol. The van der Waals surface area contributed by atoms with E-state index >= 15 is 0 Å². The number of hydrogen-bond donors (Lipinski definition) is 1. The Bertz CT molecular complexity index is 1160. The summed E-state index contributed by atoms with van der Waals surface area (Å²) in [6, 6.07) is 10.2. The number of carbonyl (C=O) groups is 1. The summed E-state index contributed by atoms with van der Waals surface area (Å²) in [6.07, 6.45) is 0.995. The molecule has 1 N–H and O–H groups in total. The molecule has 0 unspecified atom stereocenters. The fraction of sp³-hybridized carbons (Fsp3) is 0.167. The van der Waals surface area contributed by atoms with E-state index in [9.17, 15) is 13.2 Å². The average molecular weight is 506 g/mol. The molecule has 12 heteroatoms. The van der Waals surface area contributed by atoms with Gasteiger partial charge in [-0.1, -0.05) is 58.3 Å². The molecule has 0 bridgehead atoms. The van der Waals surface area contributed by atoms with Crippen LogP contribution < -0.4 is 9.62 Å². The first-order valence-corrected chi connectivity index (χ1v) is 12.2.